The zero-order chi connectivity index (χ0) is 24.5. The molecule has 4 rings (SSSR count). The van der Waals surface area contributed by atoms with Gasteiger partial charge < -0.3 is 9.47 Å². The van der Waals surface area contributed by atoms with Gasteiger partial charge in [0.25, 0.3) is 5.91 Å². The third-order valence-corrected chi connectivity index (χ3v) is 5.20. The predicted octanol–water partition coefficient (Wildman–Crippen LogP) is 5.56. The molecule has 0 aliphatic heterocycles. The first kappa shape index (κ1) is 23.4. The molecule has 0 aliphatic carbocycles. The van der Waals surface area contributed by atoms with Crippen molar-refractivity contribution in [2.24, 2.45) is 5.10 Å². The number of hydrogen-bond donors (Lipinski definition) is 1. The van der Waals surface area contributed by atoms with Crippen molar-refractivity contribution in [1.82, 2.24) is 5.43 Å². The fourth-order valence-corrected chi connectivity index (χ4v) is 3.26. The van der Waals surface area contributed by atoms with Gasteiger partial charge in [-0.15, -0.1) is 0 Å². The lowest BCUT2D eigenvalue weighted by Gasteiger charge is -2.07. The lowest BCUT2D eigenvalue weighted by molar-refractivity contribution is 0.0733. The van der Waals surface area contributed by atoms with E-state index in [4.69, 9.17) is 9.47 Å². The van der Waals surface area contributed by atoms with Crippen LogP contribution in [0.3, 0.4) is 0 Å². The Morgan fingerprint density at radius 3 is 2.17 bits per heavy atom. The molecule has 4 aromatic carbocycles. The molecule has 1 amide bonds. The van der Waals surface area contributed by atoms with Crippen LogP contribution in [0.1, 0.15) is 37.4 Å². The van der Waals surface area contributed by atoms with Crippen molar-refractivity contribution < 1.29 is 19.1 Å². The van der Waals surface area contributed by atoms with Gasteiger partial charge in [0.1, 0.15) is 18.1 Å². The van der Waals surface area contributed by atoms with Crippen molar-refractivity contribution in [3.63, 3.8) is 0 Å². The van der Waals surface area contributed by atoms with Gasteiger partial charge in [0.05, 0.1) is 11.8 Å². The summed E-state index contributed by atoms with van der Waals surface area (Å²) in [5, 5.41) is 4.00. The minimum atomic E-state index is -0.409. The van der Waals surface area contributed by atoms with Crippen molar-refractivity contribution >= 4 is 18.1 Å². The highest BCUT2D eigenvalue weighted by Crippen LogP contribution is 2.16. The minimum Gasteiger partial charge on any atom is -0.489 e. The molecule has 0 heterocycles. The van der Waals surface area contributed by atoms with Gasteiger partial charge in [-0.1, -0.05) is 48.5 Å². The van der Waals surface area contributed by atoms with E-state index in [1.165, 1.54) is 6.21 Å². The van der Waals surface area contributed by atoms with Gasteiger partial charge in [-0.25, -0.2) is 10.2 Å². The summed E-state index contributed by atoms with van der Waals surface area (Å²) >= 11 is 0. The maximum absolute atomic E-state index is 12.3. The van der Waals surface area contributed by atoms with Crippen molar-refractivity contribution in [1.29, 1.82) is 0 Å². The largest absolute Gasteiger partial charge is 0.489 e. The zero-order valence-corrected chi connectivity index (χ0v) is 19.2. The Hall–Kier alpha value is -4.71. The Labute approximate surface area is 203 Å². The van der Waals surface area contributed by atoms with Crippen LogP contribution in [0.25, 0.3) is 0 Å². The summed E-state index contributed by atoms with van der Waals surface area (Å²) in [6, 6.07) is 30.8. The molecule has 4 aromatic rings. The zero-order valence-electron chi connectivity index (χ0n) is 19.2. The lowest BCUT2D eigenvalue weighted by atomic mass is 10.1. The van der Waals surface area contributed by atoms with Gasteiger partial charge in [0.2, 0.25) is 0 Å². The van der Waals surface area contributed by atoms with Gasteiger partial charge in [-0.05, 0) is 78.2 Å². The molecule has 0 saturated carbocycles. The van der Waals surface area contributed by atoms with Crippen molar-refractivity contribution in [2.45, 2.75) is 13.5 Å². The molecule has 6 nitrogen and oxygen atoms in total. The van der Waals surface area contributed by atoms with E-state index < -0.39 is 5.97 Å². The van der Waals surface area contributed by atoms with Crippen LogP contribution in [0.15, 0.2) is 108 Å². The summed E-state index contributed by atoms with van der Waals surface area (Å²) in [5.41, 5.74) is 6.16. The highest BCUT2D eigenvalue weighted by molar-refractivity contribution is 5.95. The highest BCUT2D eigenvalue weighted by Gasteiger charge is 2.10. The molecule has 35 heavy (non-hydrogen) atoms. The van der Waals surface area contributed by atoms with E-state index in [9.17, 15) is 9.59 Å². The smallest absolute Gasteiger partial charge is 0.343 e. The number of aryl methyl sites for hydroxylation is 1. The Morgan fingerprint density at radius 2 is 1.46 bits per heavy atom. The number of esters is 1. The van der Waals surface area contributed by atoms with Crippen LogP contribution in [0.4, 0.5) is 0 Å². The number of rotatable bonds is 8. The fraction of sp³-hybridized carbons (Fsp3) is 0.0690. The topological polar surface area (TPSA) is 77.0 Å². The second-order valence-electron chi connectivity index (χ2n) is 7.77. The third kappa shape index (κ3) is 6.65. The number of hydrogen-bond acceptors (Lipinski definition) is 5. The van der Waals surface area contributed by atoms with Gasteiger partial charge >= 0.3 is 5.97 Å². The molecule has 0 atom stereocenters. The van der Waals surface area contributed by atoms with Gasteiger partial charge in [0.15, 0.2) is 0 Å². The quantitative estimate of drug-likeness (QED) is 0.160. The van der Waals surface area contributed by atoms with Crippen LogP contribution in [-0.2, 0) is 6.61 Å². The molecule has 0 fully saturated rings. The molecule has 1 N–H and O–H groups in total. The second kappa shape index (κ2) is 11.4. The molecule has 0 spiro atoms. The number of nitrogens with one attached hydrogen (secondary N) is 1. The first-order chi connectivity index (χ1) is 17.1. The van der Waals surface area contributed by atoms with Crippen LogP contribution in [0.2, 0.25) is 0 Å². The Bertz CT molecular complexity index is 1320. The molecule has 0 radical (unpaired) electrons. The number of nitrogens with zero attached hydrogens (tertiary/aromatic N) is 1. The third-order valence-electron chi connectivity index (χ3n) is 5.20. The van der Waals surface area contributed by atoms with E-state index in [1.54, 1.807) is 60.7 Å². The number of carbonyl (C=O) groups excluding carboxylic acids is 2. The fourth-order valence-electron chi connectivity index (χ4n) is 3.26. The summed E-state index contributed by atoms with van der Waals surface area (Å²) in [6.07, 6.45) is 1.52. The number of ether oxygens (including phenoxy) is 2. The average Bonchev–Trinajstić information content (AvgIpc) is 2.89. The van der Waals surface area contributed by atoms with Crippen LogP contribution in [-0.4, -0.2) is 18.1 Å². The van der Waals surface area contributed by atoms with Crippen LogP contribution in [0.5, 0.6) is 11.5 Å². The normalized spacial score (nSPS) is 10.7. The van der Waals surface area contributed by atoms with Gasteiger partial charge in [-0.2, -0.15) is 5.10 Å². The van der Waals surface area contributed by atoms with Crippen LogP contribution in [0, 0.1) is 6.92 Å². The van der Waals surface area contributed by atoms with Crippen molar-refractivity contribution in [3.05, 3.63) is 131 Å². The maximum atomic E-state index is 12.3. The maximum Gasteiger partial charge on any atom is 0.343 e. The molecule has 6 heteroatoms. The number of amides is 1. The van der Waals surface area contributed by atoms with E-state index in [0.29, 0.717) is 29.2 Å². The number of benzene rings is 4. The molecular formula is C29H24N2O4. The number of hydrazone groups is 1. The summed E-state index contributed by atoms with van der Waals surface area (Å²) in [7, 11) is 0. The molecule has 0 unspecified atom stereocenters. The number of carbonyl (C=O) groups is 2. The average molecular weight is 465 g/mol. The van der Waals surface area contributed by atoms with Crippen LogP contribution >= 0.6 is 0 Å². The van der Waals surface area contributed by atoms with Gasteiger partial charge in [0, 0.05) is 5.56 Å². The Balaban J connectivity index is 1.26. The van der Waals surface area contributed by atoms with Crippen LogP contribution < -0.4 is 14.9 Å². The predicted molar refractivity (Wildman–Crippen MR) is 135 cm³/mol. The van der Waals surface area contributed by atoms with Crippen molar-refractivity contribution in [3.8, 4) is 11.5 Å². The van der Waals surface area contributed by atoms with Crippen molar-refractivity contribution in [2.75, 3.05) is 0 Å². The molecule has 0 bridgehead atoms. The standard InChI is InChI=1S/C29H24N2O4/c1-21-7-5-6-10-27(21)29(33)35-26-15-11-22(12-16-26)19-30-31-28(32)24-13-17-25(18-14-24)34-20-23-8-3-2-4-9-23/h2-19H,20H2,1H3,(H,31,32). The molecule has 174 valence electrons. The van der Waals surface area contributed by atoms with E-state index in [-0.39, 0.29) is 5.91 Å². The Kier molecular flexibility index (Phi) is 7.66. The van der Waals surface area contributed by atoms with E-state index in [1.807, 2.05) is 49.4 Å². The van der Waals surface area contributed by atoms with Gasteiger partial charge in [-0.3, -0.25) is 4.79 Å². The Morgan fingerprint density at radius 1 is 0.800 bits per heavy atom. The summed E-state index contributed by atoms with van der Waals surface area (Å²) in [5.74, 6) is 0.360. The first-order valence-electron chi connectivity index (χ1n) is 11.1. The highest BCUT2D eigenvalue weighted by atomic mass is 16.5. The minimum absolute atomic E-state index is 0.334. The summed E-state index contributed by atoms with van der Waals surface area (Å²) < 4.78 is 11.2. The van der Waals surface area contributed by atoms with E-state index >= 15 is 0 Å². The first-order valence-corrected chi connectivity index (χ1v) is 11.1. The molecule has 0 saturated heterocycles. The summed E-state index contributed by atoms with van der Waals surface area (Å²) in [6.45, 7) is 2.32. The SMILES string of the molecule is Cc1ccccc1C(=O)Oc1ccc(C=NNC(=O)c2ccc(OCc3ccccc3)cc2)cc1. The molecular weight excluding hydrogens is 440 g/mol. The van der Waals surface area contributed by atoms with E-state index in [0.717, 1.165) is 16.7 Å². The second-order valence-corrected chi connectivity index (χ2v) is 7.77. The monoisotopic (exact) mass is 464 g/mol. The molecule has 0 aliphatic rings. The molecule has 0 aromatic heterocycles. The van der Waals surface area contributed by atoms with E-state index in [2.05, 4.69) is 10.5 Å². The lowest BCUT2D eigenvalue weighted by Crippen LogP contribution is -2.17. The summed E-state index contributed by atoms with van der Waals surface area (Å²) in [4.78, 5) is 24.7.